The van der Waals surface area contributed by atoms with Crippen LogP contribution in [-0.4, -0.2) is 7.05 Å². The molecule has 1 rings (SSSR count). The molecule has 0 aliphatic rings. The Morgan fingerprint density at radius 2 is 1.82 bits per heavy atom. The molecule has 0 atom stereocenters. The van der Waals surface area contributed by atoms with Crippen molar-refractivity contribution in [1.82, 2.24) is 0 Å². The largest absolute Gasteiger partial charge is 0.580 e. The van der Waals surface area contributed by atoms with E-state index in [9.17, 15) is 0 Å². The maximum atomic E-state index is 3.86. The van der Waals surface area contributed by atoms with E-state index in [0.717, 1.165) is 11.3 Å². The normalized spacial score (nSPS) is 8.55. The van der Waals surface area contributed by atoms with Crippen LogP contribution in [0.25, 0.3) is 0 Å². The van der Waals surface area contributed by atoms with Gasteiger partial charge in [-0.3, -0.25) is 7.05 Å². The summed E-state index contributed by atoms with van der Waals surface area (Å²) in [6, 6.07) is 7.91. The van der Waals surface area contributed by atoms with E-state index in [1.807, 2.05) is 36.2 Å². The van der Waals surface area contributed by atoms with Gasteiger partial charge in [0.25, 0.3) is 0 Å². The maximum Gasteiger partial charge on any atom is 0 e. The molecule has 2 heteroatoms. The van der Waals surface area contributed by atoms with Crippen LogP contribution in [0.2, 0.25) is 0 Å². The molecule has 1 aromatic carbocycles. The van der Waals surface area contributed by atoms with Gasteiger partial charge >= 0.3 is 0 Å². The average molecular weight is 222 g/mol. The Kier molecular flexibility index (Phi) is 4.79. The number of rotatable bonds is 1. The molecule has 11 heavy (non-hydrogen) atoms. The van der Waals surface area contributed by atoms with Gasteiger partial charge in [0.15, 0.2) is 0 Å². The summed E-state index contributed by atoms with van der Waals surface area (Å²) in [6.07, 6.45) is 0. The van der Waals surface area contributed by atoms with E-state index in [0.29, 0.717) is 0 Å². The van der Waals surface area contributed by atoms with Crippen molar-refractivity contribution in [3.63, 3.8) is 0 Å². The van der Waals surface area contributed by atoms with Gasteiger partial charge in [-0.25, -0.2) is 0 Å². The third kappa shape index (κ3) is 2.84. The molecule has 0 aliphatic carbocycles. The summed E-state index contributed by atoms with van der Waals surface area (Å²) in [6.45, 7) is 3.86. The molecule has 0 N–H and O–H groups in total. The second kappa shape index (κ2) is 4.79. The molecule has 1 radical (unpaired) electrons. The zero-order chi connectivity index (χ0) is 7.56. The summed E-state index contributed by atoms with van der Waals surface area (Å²) < 4.78 is 0. The van der Waals surface area contributed by atoms with Gasteiger partial charge in [0, 0.05) is 32.7 Å². The zero-order valence-electron chi connectivity index (χ0n) is 6.75. The van der Waals surface area contributed by atoms with Crippen LogP contribution < -0.4 is 4.90 Å². The molecular weight excluding hydrogens is 211 g/mol. The van der Waals surface area contributed by atoms with Crippen LogP contribution in [0.4, 0.5) is 5.69 Å². The van der Waals surface area contributed by atoms with Gasteiger partial charge in [0.1, 0.15) is 0 Å². The van der Waals surface area contributed by atoms with Crippen LogP contribution in [0.5, 0.6) is 0 Å². The van der Waals surface area contributed by atoms with Crippen LogP contribution in [0.15, 0.2) is 24.3 Å². The first-order valence-corrected chi connectivity index (χ1v) is 3.17. The molecule has 57 valence electrons. The van der Waals surface area contributed by atoms with Crippen molar-refractivity contribution in [3.05, 3.63) is 43.8 Å². The van der Waals surface area contributed by atoms with Crippen LogP contribution in [0, 0.1) is 14.0 Å². The Morgan fingerprint density at radius 3 is 2.18 bits per heavy atom. The van der Waals surface area contributed by atoms with E-state index in [1.165, 1.54) is 0 Å². The summed E-state index contributed by atoms with van der Waals surface area (Å²) in [7, 11) is 5.67. The van der Waals surface area contributed by atoms with Crippen molar-refractivity contribution >= 4 is 5.69 Å². The topological polar surface area (TPSA) is 3.24 Å². The van der Waals surface area contributed by atoms with Crippen molar-refractivity contribution < 1.29 is 32.7 Å². The molecule has 1 aromatic rings. The molecule has 0 amide bonds. The van der Waals surface area contributed by atoms with Gasteiger partial charge < -0.3 is 4.90 Å². The fourth-order valence-electron chi connectivity index (χ4n) is 0.883. The third-order valence-corrected chi connectivity index (χ3v) is 1.40. The Balaban J connectivity index is 0.000001000. The molecule has 0 aliphatic heterocycles. The van der Waals surface area contributed by atoms with E-state index in [1.54, 1.807) is 0 Å². The van der Waals surface area contributed by atoms with E-state index >= 15 is 0 Å². The quantitative estimate of drug-likeness (QED) is 0.657. The second-order valence-electron chi connectivity index (χ2n) is 2.33. The summed E-state index contributed by atoms with van der Waals surface area (Å²) in [5, 5.41) is 0. The van der Waals surface area contributed by atoms with Crippen LogP contribution >= 0.6 is 0 Å². The molecule has 0 fully saturated rings. The van der Waals surface area contributed by atoms with Gasteiger partial charge in [-0.2, -0.15) is 18.6 Å². The number of benzene rings is 1. The van der Waals surface area contributed by atoms with Gasteiger partial charge in [-0.05, 0) is 7.05 Å². The van der Waals surface area contributed by atoms with Crippen molar-refractivity contribution in [2.75, 3.05) is 11.9 Å². The number of hydrogen-bond donors (Lipinski definition) is 0. The SMILES string of the molecule is [CH2-]c1ccccc1N([CH2-])C.[Y]. The third-order valence-electron chi connectivity index (χ3n) is 1.40. The molecular formula is C9H11NY-2. The molecule has 0 saturated carbocycles. The van der Waals surface area contributed by atoms with Gasteiger partial charge in [-0.1, -0.05) is 17.8 Å². The van der Waals surface area contributed by atoms with Crippen LogP contribution in [0.1, 0.15) is 5.56 Å². The van der Waals surface area contributed by atoms with Crippen molar-refractivity contribution in [2.45, 2.75) is 0 Å². The standard InChI is InChI=1S/C9H11N.Y/c1-8-6-4-5-7-9(8)10(2)3;/h4-7H,1-2H2,3H3;/q-2;. The molecule has 0 unspecified atom stereocenters. The molecule has 0 aromatic heterocycles. The van der Waals surface area contributed by atoms with E-state index in [4.69, 9.17) is 0 Å². The molecule has 0 spiro atoms. The fourth-order valence-corrected chi connectivity index (χ4v) is 0.883. The van der Waals surface area contributed by atoms with Gasteiger partial charge in [0.05, 0.1) is 0 Å². The minimum Gasteiger partial charge on any atom is -0.580 e. The predicted molar refractivity (Wildman–Crippen MR) is 44.7 cm³/mol. The Hall–Kier alpha value is -0.00610. The molecule has 1 nitrogen and oxygen atoms in total. The van der Waals surface area contributed by atoms with Crippen LogP contribution in [-0.2, 0) is 32.7 Å². The minimum atomic E-state index is 0. The minimum absolute atomic E-state index is 0. The van der Waals surface area contributed by atoms with E-state index < -0.39 is 0 Å². The first-order valence-electron chi connectivity index (χ1n) is 3.17. The Morgan fingerprint density at radius 1 is 1.27 bits per heavy atom. The number of nitrogens with zero attached hydrogens (tertiary/aromatic N) is 1. The van der Waals surface area contributed by atoms with Crippen LogP contribution in [0.3, 0.4) is 0 Å². The van der Waals surface area contributed by atoms with Gasteiger partial charge in [-0.15, -0.1) is 6.07 Å². The smallest absolute Gasteiger partial charge is 0 e. The van der Waals surface area contributed by atoms with E-state index in [2.05, 4.69) is 14.0 Å². The molecule has 0 heterocycles. The van der Waals surface area contributed by atoms with Crippen molar-refractivity contribution in [1.29, 1.82) is 0 Å². The molecule has 0 bridgehead atoms. The average Bonchev–Trinajstić information content (AvgIpc) is 1.88. The Labute approximate surface area is 93.7 Å². The van der Waals surface area contributed by atoms with Crippen molar-refractivity contribution in [3.8, 4) is 0 Å². The predicted octanol–water partition coefficient (Wildman–Crippen LogP) is 2.09. The Bertz CT molecular complexity index is 221. The number of para-hydroxylation sites is 1. The second-order valence-corrected chi connectivity index (χ2v) is 2.33. The fraction of sp³-hybridized carbons (Fsp3) is 0.111. The summed E-state index contributed by atoms with van der Waals surface area (Å²) in [5.41, 5.74) is 2.09. The summed E-state index contributed by atoms with van der Waals surface area (Å²) >= 11 is 0. The maximum absolute atomic E-state index is 3.86. The first kappa shape index (κ1) is 11.0. The zero-order valence-corrected chi connectivity index (χ0v) is 9.59. The monoisotopic (exact) mass is 222 g/mol. The summed E-state index contributed by atoms with van der Waals surface area (Å²) in [4.78, 5) is 1.81. The van der Waals surface area contributed by atoms with E-state index in [-0.39, 0.29) is 32.7 Å². The van der Waals surface area contributed by atoms with Gasteiger partial charge in [0.2, 0.25) is 0 Å². The van der Waals surface area contributed by atoms with Crippen molar-refractivity contribution in [2.24, 2.45) is 0 Å². The molecule has 0 saturated heterocycles. The summed E-state index contributed by atoms with van der Waals surface area (Å²) in [5.74, 6) is 0. The first-order chi connectivity index (χ1) is 4.72. The number of hydrogen-bond acceptors (Lipinski definition) is 1. The number of anilines is 1.